The first-order chi connectivity index (χ1) is 14.6. The first kappa shape index (κ1) is 20.7. The van der Waals surface area contributed by atoms with Crippen LogP contribution in [-0.2, 0) is 4.79 Å². The number of fused-ring (bicyclic) bond motifs is 1. The van der Waals surface area contributed by atoms with Gasteiger partial charge in [-0.15, -0.1) is 11.3 Å². The van der Waals surface area contributed by atoms with Crippen molar-refractivity contribution in [3.05, 3.63) is 59.0 Å². The van der Waals surface area contributed by atoms with Crippen LogP contribution in [0.3, 0.4) is 0 Å². The number of hydrogen-bond acceptors (Lipinski definition) is 5. The molecule has 1 saturated heterocycles. The lowest BCUT2D eigenvalue weighted by molar-refractivity contribution is -0.145. The summed E-state index contributed by atoms with van der Waals surface area (Å²) in [5.74, 6) is 0.617. The quantitative estimate of drug-likeness (QED) is 0.554. The van der Waals surface area contributed by atoms with Gasteiger partial charge in [-0.25, -0.2) is 0 Å². The maximum Gasteiger partial charge on any atom is 0.320 e. The molecule has 6 heteroatoms. The number of nitrogens with zero attached hydrogens (tertiary/aromatic N) is 1. The smallest absolute Gasteiger partial charge is 0.320 e. The lowest BCUT2D eigenvalue weighted by atomic mass is 9.91. The SMILES string of the molecule is CCOc1cc(C(c2csc3ccccc23)N2CCCCC2C(=O)O)ccc1OC. The van der Waals surface area contributed by atoms with Crippen molar-refractivity contribution in [1.29, 1.82) is 0 Å². The standard InChI is InChI=1S/C24H27NO4S/c1-3-29-21-14-16(11-12-20(21)28-2)23(25-13-7-6-9-19(25)24(26)27)18-15-30-22-10-5-4-8-17(18)22/h4-5,8,10-12,14-15,19,23H,3,6-7,9,13H2,1-2H3,(H,26,27). The molecule has 4 rings (SSSR count). The van der Waals surface area contributed by atoms with Gasteiger partial charge < -0.3 is 14.6 Å². The van der Waals surface area contributed by atoms with E-state index >= 15 is 0 Å². The fraction of sp³-hybridized carbons (Fsp3) is 0.375. The molecule has 1 aliphatic heterocycles. The number of likely N-dealkylation sites (tertiary alicyclic amines) is 1. The molecule has 0 radical (unpaired) electrons. The molecule has 158 valence electrons. The van der Waals surface area contributed by atoms with Crippen LogP contribution >= 0.6 is 11.3 Å². The van der Waals surface area contributed by atoms with Crippen molar-refractivity contribution in [2.24, 2.45) is 0 Å². The van der Waals surface area contributed by atoms with Gasteiger partial charge in [0.25, 0.3) is 0 Å². The van der Waals surface area contributed by atoms with Crippen molar-refractivity contribution in [3.63, 3.8) is 0 Å². The molecule has 2 atom stereocenters. The highest BCUT2D eigenvalue weighted by Gasteiger charge is 2.36. The summed E-state index contributed by atoms with van der Waals surface area (Å²) in [6, 6.07) is 13.6. The molecule has 1 aliphatic rings. The fourth-order valence-corrected chi connectivity index (χ4v) is 5.40. The molecule has 0 bridgehead atoms. The molecule has 1 N–H and O–H groups in total. The third-order valence-corrected chi connectivity index (χ3v) is 6.75. The average molecular weight is 426 g/mol. The van der Waals surface area contributed by atoms with Crippen LogP contribution in [0.25, 0.3) is 10.1 Å². The molecule has 1 fully saturated rings. The maximum absolute atomic E-state index is 12.1. The average Bonchev–Trinajstić information content (AvgIpc) is 3.19. The second-order valence-corrected chi connectivity index (χ2v) is 8.43. The zero-order valence-corrected chi connectivity index (χ0v) is 18.2. The Balaban J connectivity index is 1.88. The van der Waals surface area contributed by atoms with Crippen LogP contribution in [0, 0.1) is 0 Å². The largest absolute Gasteiger partial charge is 0.493 e. The van der Waals surface area contributed by atoms with Gasteiger partial charge in [0.05, 0.1) is 19.8 Å². The van der Waals surface area contributed by atoms with E-state index in [4.69, 9.17) is 9.47 Å². The normalized spacial score (nSPS) is 18.3. The number of benzene rings is 2. The summed E-state index contributed by atoms with van der Waals surface area (Å²) in [6.07, 6.45) is 2.61. The monoisotopic (exact) mass is 425 g/mol. The van der Waals surface area contributed by atoms with E-state index in [0.29, 0.717) is 24.5 Å². The van der Waals surface area contributed by atoms with Crippen molar-refractivity contribution in [3.8, 4) is 11.5 Å². The highest BCUT2D eigenvalue weighted by Crippen LogP contribution is 2.42. The zero-order valence-electron chi connectivity index (χ0n) is 17.3. The number of rotatable bonds is 7. The van der Waals surface area contributed by atoms with E-state index in [1.54, 1.807) is 18.4 Å². The molecular weight excluding hydrogens is 398 g/mol. The van der Waals surface area contributed by atoms with Gasteiger partial charge in [0, 0.05) is 4.70 Å². The van der Waals surface area contributed by atoms with Gasteiger partial charge in [-0.05, 0) is 66.4 Å². The van der Waals surface area contributed by atoms with E-state index in [1.165, 1.54) is 10.1 Å². The summed E-state index contributed by atoms with van der Waals surface area (Å²) < 4.78 is 12.5. The van der Waals surface area contributed by atoms with Crippen LogP contribution in [-0.4, -0.2) is 42.3 Å². The second kappa shape index (κ2) is 9.06. The molecule has 0 spiro atoms. The molecule has 30 heavy (non-hydrogen) atoms. The van der Waals surface area contributed by atoms with E-state index < -0.39 is 12.0 Å². The van der Waals surface area contributed by atoms with Crippen molar-refractivity contribution in [2.75, 3.05) is 20.3 Å². The van der Waals surface area contributed by atoms with E-state index in [0.717, 1.165) is 30.5 Å². The van der Waals surface area contributed by atoms with Gasteiger partial charge >= 0.3 is 5.97 Å². The molecule has 1 aromatic heterocycles. The molecule has 5 nitrogen and oxygen atoms in total. The molecule has 0 saturated carbocycles. The molecule has 0 amide bonds. The molecule has 0 aliphatic carbocycles. The van der Waals surface area contributed by atoms with E-state index in [-0.39, 0.29) is 6.04 Å². The minimum Gasteiger partial charge on any atom is -0.493 e. The van der Waals surface area contributed by atoms with Crippen LogP contribution < -0.4 is 9.47 Å². The summed E-state index contributed by atoms with van der Waals surface area (Å²) in [4.78, 5) is 14.3. The highest BCUT2D eigenvalue weighted by atomic mass is 32.1. The van der Waals surface area contributed by atoms with E-state index in [9.17, 15) is 9.90 Å². The minimum absolute atomic E-state index is 0.160. The first-order valence-corrected chi connectivity index (χ1v) is 11.3. The molecule has 2 unspecified atom stereocenters. The highest BCUT2D eigenvalue weighted by molar-refractivity contribution is 7.17. The maximum atomic E-state index is 12.1. The van der Waals surface area contributed by atoms with Crippen LogP contribution in [0.15, 0.2) is 47.8 Å². The number of aliphatic carboxylic acids is 1. The van der Waals surface area contributed by atoms with Crippen molar-refractivity contribution >= 4 is 27.4 Å². The van der Waals surface area contributed by atoms with Gasteiger partial charge in [-0.3, -0.25) is 9.69 Å². The minimum atomic E-state index is -0.752. The van der Waals surface area contributed by atoms with Gasteiger partial charge in [-0.2, -0.15) is 0 Å². The van der Waals surface area contributed by atoms with Crippen LogP contribution in [0.4, 0.5) is 0 Å². The lowest BCUT2D eigenvalue weighted by Crippen LogP contribution is -2.46. The number of ether oxygens (including phenoxy) is 2. The Kier molecular flexibility index (Phi) is 6.25. The predicted molar refractivity (Wildman–Crippen MR) is 120 cm³/mol. The summed E-state index contributed by atoms with van der Waals surface area (Å²) in [7, 11) is 1.63. The Bertz CT molecular complexity index is 1030. The van der Waals surface area contributed by atoms with E-state index in [2.05, 4.69) is 22.4 Å². The van der Waals surface area contributed by atoms with Gasteiger partial charge in [0.2, 0.25) is 0 Å². The summed E-state index contributed by atoms with van der Waals surface area (Å²) in [6.45, 7) is 3.23. The number of methoxy groups -OCH3 is 1. The van der Waals surface area contributed by atoms with Crippen molar-refractivity contribution < 1.29 is 19.4 Å². The van der Waals surface area contributed by atoms with Gasteiger partial charge in [0.1, 0.15) is 6.04 Å². The third-order valence-electron chi connectivity index (χ3n) is 5.77. The number of thiophene rings is 1. The number of carbonyl (C=O) groups is 1. The van der Waals surface area contributed by atoms with Crippen molar-refractivity contribution in [2.45, 2.75) is 38.3 Å². The topological polar surface area (TPSA) is 59.0 Å². The van der Waals surface area contributed by atoms with Gasteiger partial charge in [0.15, 0.2) is 11.5 Å². The molecule has 2 aromatic carbocycles. The van der Waals surface area contributed by atoms with Crippen LogP contribution in [0.1, 0.15) is 43.4 Å². The van der Waals surface area contributed by atoms with Gasteiger partial charge in [-0.1, -0.05) is 30.7 Å². The Morgan fingerprint density at radius 1 is 1.23 bits per heavy atom. The molecule has 3 aromatic rings. The second-order valence-electron chi connectivity index (χ2n) is 7.52. The Morgan fingerprint density at radius 3 is 2.83 bits per heavy atom. The van der Waals surface area contributed by atoms with Crippen molar-refractivity contribution in [1.82, 2.24) is 4.90 Å². The Labute approximate surface area is 180 Å². The lowest BCUT2D eigenvalue weighted by Gasteiger charge is -2.39. The molecule has 2 heterocycles. The van der Waals surface area contributed by atoms with Crippen LogP contribution in [0.5, 0.6) is 11.5 Å². The van der Waals surface area contributed by atoms with E-state index in [1.807, 2.05) is 37.3 Å². The number of carboxylic acids is 1. The predicted octanol–water partition coefficient (Wildman–Crippen LogP) is 5.34. The third kappa shape index (κ3) is 3.89. The van der Waals surface area contributed by atoms with Crippen LogP contribution in [0.2, 0.25) is 0 Å². The Hall–Kier alpha value is -2.57. The Morgan fingerprint density at radius 2 is 2.07 bits per heavy atom. The zero-order chi connectivity index (χ0) is 21.1. The summed E-state index contributed by atoms with van der Waals surface area (Å²) in [5, 5.41) is 13.3. The number of hydrogen-bond donors (Lipinski definition) is 1. The summed E-state index contributed by atoms with van der Waals surface area (Å²) >= 11 is 1.70. The molecular formula is C24H27NO4S. The number of piperidine rings is 1. The first-order valence-electron chi connectivity index (χ1n) is 10.4. The summed E-state index contributed by atoms with van der Waals surface area (Å²) in [5.41, 5.74) is 2.17. The fourth-order valence-electron chi connectivity index (χ4n) is 4.42. The number of carboxylic acid groups (broad SMARTS) is 1.